The van der Waals surface area contributed by atoms with Crippen molar-refractivity contribution in [3.63, 3.8) is 0 Å². The molecule has 0 spiro atoms. The second-order valence-corrected chi connectivity index (χ2v) is 9.50. The molecule has 34 heavy (non-hydrogen) atoms. The number of hydrogen-bond donors (Lipinski definition) is 1. The maximum absolute atomic E-state index is 13.2. The average molecular weight is 456 g/mol. The van der Waals surface area contributed by atoms with Crippen LogP contribution in [0.3, 0.4) is 0 Å². The van der Waals surface area contributed by atoms with E-state index in [9.17, 15) is 9.90 Å². The third kappa shape index (κ3) is 4.95. The topological polar surface area (TPSA) is 86.5 Å². The van der Waals surface area contributed by atoms with E-state index in [0.717, 1.165) is 22.4 Å². The number of cyclic esters (lactones) is 1. The van der Waals surface area contributed by atoms with E-state index in [0.29, 0.717) is 24.9 Å². The lowest BCUT2D eigenvalue weighted by Crippen LogP contribution is -2.51. The van der Waals surface area contributed by atoms with Gasteiger partial charge in [0, 0.05) is 31.1 Å². The van der Waals surface area contributed by atoms with Crippen molar-refractivity contribution < 1.29 is 14.6 Å². The molecule has 0 saturated carbocycles. The Bertz CT molecular complexity index is 1200. The Morgan fingerprint density at radius 2 is 1.88 bits per heavy atom. The van der Waals surface area contributed by atoms with Crippen LogP contribution in [0.15, 0.2) is 72.9 Å². The predicted octanol–water partition coefficient (Wildman–Crippen LogP) is 5.58. The second kappa shape index (κ2) is 9.28. The van der Waals surface area contributed by atoms with Crippen LogP contribution in [0.5, 0.6) is 0 Å². The summed E-state index contributed by atoms with van der Waals surface area (Å²) < 4.78 is 6.10. The number of amides is 1. The number of aromatic nitrogens is 1. The summed E-state index contributed by atoms with van der Waals surface area (Å²) in [4.78, 5) is 19.3. The van der Waals surface area contributed by atoms with Crippen molar-refractivity contribution in [2.75, 3.05) is 6.54 Å². The first-order chi connectivity index (χ1) is 16.2. The van der Waals surface area contributed by atoms with Crippen LogP contribution in [-0.4, -0.2) is 33.2 Å². The van der Waals surface area contributed by atoms with Gasteiger partial charge in [0.1, 0.15) is 5.60 Å². The van der Waals surface area contributed by atoms with Crippen LogP contribution < -0.4 is 0 Å². The number of rotatable bonds is 6. The molecule has 0 radical (unpaired) electrons. The molecule has 2 atom stereocenters. The van der Waals surface area contributed by atoms with Gasteiger partial charge >= 0.3 is 6.09 Å². The van der Waals surface area contributed by atoms with Crippen LogP contribution in [0.25, 0.3) is 11.3 Å². The number of pyridine rings is 1. The molecule has 3 aromatic rings. The largest absolute Gasteiger partial charge is 0.438 e. The van der Waals surface area contributed by atoms with Crippen molar-refractivity contribution in [1.29, 1.82) is 5.26 Å². The van der Waals surface area contributed by atoms with E-state index in [4.69, 9.17) is 10.00 Å². The fourth-order valence-electron chi connectivity index (χ4n) is 4.66. The summed E-state index contributed by atoms with van der Waals surface area (Å²) in [7, 11) is 0. The van der Waals surface area contributed by atoms with Crippen molar-refractivity contribution in [3.05, 3.63) is 89.6 Å². The molecule has 1 aromatic heterocycles. The van der Waals surface area contributed by atoms with E-state index >= 15 is 0 Å². The maximum Gasteiger partial charge on any atom is 0.411 e. The van der Waals surface area contributed by atoms with Gasteiger partial charge in [0.25, 0.3) is 0 Å². The molecule has 0 bridgehead atoms. The van der Waals surface area contributed by atoms with Gasteiger partial charge in [0.15, 0.2) is 0 Å². The van der Waals surface area contributed by atoms with E-state index < -0.39 is 11.2 Å². The second-order valence-electron chi connectivity index (χ2n) is 9.50. The first kappa shape index (κ1) is 23.5. The number of carbonyl (C=O) groups is 1. The number of carbonyl (C=O) groups excluding carboxylic acids is 1. The molecule has 1 N–H and O–H groups in total. The van der Waals surface area contributed by atoms with Crippen LogP contribution in [-0.2, 0) is 10.3 Å². The fraction of sp³-hybridized carbons (Fsp3) is 0.321. The van der Waals surface area contributed by atoms with E-state index in [2.05, 4.69) is 11.1 Å². The van der Waals surface area contributed by atoms with E-state index in [-0.39, 0.29) is 12.1 Å². The minimum Gasteiger partial charge on any atom is -0.438 e. The van der Waals surface area contributed by atoms with Crippen molar-refractivity contribution in [2.45, 2.75) is 50.9 Å². The molecule has 1 aliphatic heterocycles. The van der Waals surface area contributed by atoms with Crippen molar-refractivity contribution >= 4 is 6.09 Å². The summed E-state index contributed by atoms with van der Waals surface area (Å²) in [6.07, 6.45) is 2.14. The molecule has 0 aliphatic carbocycles. The smallest absolute Gasteiger partial charge is 0.411 e. The van der Waals surface area contributed by atoms with Crippen molar-refractivity contribution in [1.82, 2.24) is 9.88 Å². The third-order valence-corrected chi connectivity index (χ3v) is 6.34. The normalized spacial score (nSPS) is 19.3. The lowest BCUT2D eigenvalue weighted by atomic mass is 9.80. The lowest BCUT2D eigenvalue weighted by Gasteiger charge is -2.45. The number of nitrogens with zero attached hydrogens (tertiary/aromatic N) is 3. The Labute approximate surface area is 200 Å². The summed E-state index contributed by atoms with van der Waals surface area (Å²) in [5, 5.41) is 19.7. The van der Waals surface area contributed by atoms with E-state index in [1.54, 1.807) is 37.1 Å². The first-order valence-corrected chi connectivity index (χ1v) is 11.4. The summed E-state index contributed by atoms with van der Waals surface area (Å²) in [6.45, 7) is 5.97. The van der Waals surface area contributed by atoms with E-state index in [1.807, 2.05) is 61.5 Å². The van der Waals surface area contributed by atoms with E-state index in [1.165, 1.54) is 0 Å². The van der Waals surface area contributed by atoms with Gasteiger partial charge in [-0.2, -0.15) is 5.26 Å². The van der Waals surface area contributed by atoms with Gasteiger partial charge in [-0.1, -0.05) is 54.6 Å². The van der Waals surface area contributed by atoms with Crippen LogP contribution in [0, 0.1) is 11.3 Å². The molecule has 1 aliphatic rings. The minimum atomic E-state index is -0.989. The zero-order chi connectivity index (χ0) is 24.3. The highest BCUT2D eigenvalue weighted by Crippen LogP contribution is 2.42. The SMILES string of the molecule is C[C@@H](c1ccc(-c2cc(C#N)ccn2)cc1)N1CCC(CC(C)(C)O)(c2ccccc2)OC1=O. The van der Waals surface area contributed by atoms with Gasteiger partial charge in [-0.15, -0.1) is 0 Å². The van der Waals surface area contributed by atoms with Crippen molar-refractivity contribution in [2.24, 2.45) is 0 Å². The first-order valence-electron chi connectivity index (χ1n) is 11.4. The molecule has 6 nitrogen and oxygen atoms in total. The monoisotopic (exact) mass is 455 g/mol. The molecule has 1 amide bonds. The Hall–Kier alpha value is -3.69. The number of aliphatic hydroxyl groups is 1. The number of benzene rings is 2. The zero-order valence-electron chi connectivity index (χ0n) is 19.7. The highest BCUT2D eigenvalue weighted by Gasteiger charge is 2.46. The maximum atomic E-state index is 13.2. The molecule has 174 valence electrons. The van der Waals surface area contributed by atoms with Gasteiger partial charge in [0.2, 0.25) is 0 Å². The predicted molar refractivity (Wildman–Crippen MR) is 130 cm³/mol. The Morgan fingerprint density at radius 1 is 1.18 bits per heavy atom. The summed E-state index contributed by atoms with van der Waals surface area (Å²) in [6, 6.07) is 22.9. The summed E-state index contributed by atoms with van der Waals surface area (Å²) in [5.74, 6) is 0. The number of ether oxygens (including phenoxy) is 1. The van der Waals surface area contributed by atoms with Gasteiger partial charge in [-0.25, -0.2) is 4.79 Å². The van der Waals surface area contributed by atoms with Gasteiger partial charge in [0.05, 0.1) is 29.0 Å². The minimum absolute atomic E-state index is 0.184. The van der Waals surface area contributed by atoms with Crippen LogP contribution in [0.2, 0.25) is 0 Å². The van der Waals surface area contributed by atoms with Gasteiger partial charge in [-0.05, 0) is 44.0 Å². The molecular weight excluding hydrogens is 426 g/mol. The highest BCUT2D eigenvalue weighted by molar-refractivity contribution is 5.70. The quantitative estimate of drug-likeness (QED) is 0.524. The number of hydrogen-bond acceptors (Lipinski definition) is 5. The van der Waals surface area contributed by atoms with Crippen molar-refractivity contribution in [3.8, 4) is 17.3 Å². The summed E-state index contributed by atoms with van der Waals surface area (Å²) in [5.41, 5.74) is 2.22. The Balaban J connectivity index is 1.53. The number of nitriles is 1. The molecule has 2 heterocycles. The summed E-state index contributed by atoms with van der Waals surface area (Å²) >= 11 is 0. The fourth-order valence-corrected chi connectivity index (χ4v) is 4.66. The molecule has 1 fully saturated rings. The highest BCUT2D eigenvalue weighted by atomic mass is 16.6. The average Bonchev–Trinajstić information content (AvgIpc) is 2.83. The standard InChI is InChI=1S/C28H29N3O3/c1-20(22-9-11-23(12-10-22)25-17-21(18-29)13-15-30-25)31-16-14-28(34-26(31)32,19-27(2,3)33)24-7-5-4-6-8-24/h4-13,15,17,20,33H,14,16,19H2,1-3H3/t20-,28?/m0/s1. The lowest BCUT2D eigenvalue weighted by molar-refractivity contribution is -0.101. The van der Waals surface area contributed by atoms with Crippen LogP contribution in [0.4, 0.5) is 4.79 Å². The van der Waals surface area contributed by atoms with Crippen LogP contribution in [0.1, 0.15) is 56.3 Å². The Morgan fingerprint density at radius 3 is 2.50 bits per heavy atom. The molecule has 4 rings (SSSR count). The Kier molecular flexibility index (Phi) is 6.41. The van der Waals surface area contributed by atoms with Gasteiger partial charge < -0.3 is 14.7 Å². The molecule has 1 saturated heterocycles. The molecule has 1 unspecified atom stereocenters. The van der Waals surface area contributed by atoms with Gasteiger partial charge in [-0.3, -0.25) is 4.98 Å². The van der Waals surface area contributed by atoms with Crippen LogP contribution >= 0.6 is 0 Å². The third-order valence-electron chi connectivity index (χ3n) is 6.34. The molecule has 6 heteroatoms. The molecule has 2 aromatic carbocycles. The molecular formula is C28H29N3O3. The zero-order valence-corrected chi connectivity index (χ0v) is 19.7.